The molecule has 0 amide bonds. The van der Waals surface area contributed by atoms with Crippen LogP contribution in [0.1, 0.15) is 16.8 Å². The zero-order valence-electron chi connectivity index (χ0n) is 10.3. The van der Waals surface area contributed by atoms with Gasteiger partial charge in [0.05, 0.1) is 22.9 Å². The molecule has 0 fully saturated rings. The lowest BCUT2D eigenvalue weighted by Crippen LogP contribution is -2.02. The maximum absolute atomic E-state index is 8.80. The molecule has 0 spiro atoms. The number of benzene rings is 1. The summed E-state index contributed by atoms with van der Waals surface area (Å²) in [4.78, 5) is 0. The number of ether oxygens (including phenoxy) is 1. The number of nitriles is 1. The first-order valence-electron chi connectivity index (χ1n) is 5.52. The van der Waals surface area contributed by atoms with Gasteiger partial charge < -0.3 is 10.5 Å². The highest BCUT2D eigenvalue weighted by atomic mass is 16.5. The number of nitrogens with two attached hydrogens (primary N) is 1. The molecule has 18 heavy (non-hydrogen) atoms. The van der Waals surface area contributed by atoms with Crippen LogP contribution in [0.25, 0.3) is 0 Å². The van der Waals surface area contributed by atoms with Crippen LogP contribution in [0.2, 0.25) is 0 Å². The van der Waals surface area contributed by atoms with E-state index in [1.54, 1.807) is 29.9 Å². The number of nitrogens with zero attached hydrogens (tertiary/aromatic N) is 3. The third-order valence-electron chi connectivity index (χ3n) is 2.74. The molecule has 92 valence electrons. The molecule has 5 nitrogen and oxygen atoms in total. The number of aryl methyl sites for hydroxylation is 2. The van der Waals surface area contributed by atoms with Gasteiger partial charge in [0.1, 0.15) is 18.2 Å². The normalized spacial score (nSPS) is 10.1. The smallest absolute Gasteiger partial charge is 0.128 e. The zero-order chi connectivity index (χ0) is 13.1. The monoisotopic (exact) mass is 242 g/mol. The lowest BCUT2D eigenvalue weighted by Gasteiger charge is -2.06. The lowest BCUT2D eigenvalue weighted by atomic mass is 10.2. The van der Waals surface area contributed by atoms with E-state index in [0.717, 1.165) is 11.3 Å². The Morgan fingerprint density at radius 1 is 1.50 bits per heavy atom. The highest BCUT2D eigenvalue weighted by Crippen LogP contribution is 2.19. The number of nitrogen functional groups attached to an aromatic ring is 1. The van der Waals surface area contributed by atoms with Crippen LogP contribution in [0.15, 0.2) is 24.3 Å². The average molecular weight is 242 g/mol. The first kappa shape index (κ1) is 12.0. The number of hydrogen-bond donors (Lipinski definition) is 1. The highest BCUT2D eigenvalue weighted by molar-refractivity contribution is 5.43. The Hall–Kier alpha value is -2.48. The molecule has 1 aromatic heterocycles. The molecule has 5 heteroatoms. The Morgan fingerprint density at radius 2 is 2.28 bits per heavy atom. The lowest BCUT2D eigenvalue weighted by molar-refractivity contribution is 0.306. The molecule has 1 heterocycles. The van der Waals surface area contributed by atoms with Crippen molar-refractivity contribution in [2.45, 2.75) is 13.5 Å². The second-order valence-electron chi connectivity index (χ2n) is 4.00. The van der Waals surface area contributed by atoms with Crippen molar-refractivity contribution in [3.05, 3.63) is 41.1 Å². The minimum atomic E-state index is 0.348. The highest BCUT2D eigenvalue weighted by Gasteiger charge is 2.10. The van der Waals surface area contributed by atoms with E-state index in [1.807, 2.05) is 13.0 Å². The van der Waals surface area contributed by atoms with Crippen molar-refractivity contribution in [3.63, 3.8) is 0 Å². The van der Waals surface area contributed by atoms with Crippen LogP contribution in [0.4, 0.5) is 5.82 Å². The summed E-state index contributed by atoms with van der Waals surface area (Å²) in [5, 5.41) is 13.0. The molecule has 0 aliphatic heterocycles. The zero-order valence-corrected chi connectivity index (χ0v) is 10.3. The molecule has 2 aromatic rings. The molecule has 0 aliphatic rings. The van der Waals surface area contributed by atoms with Gasteiger partial charge in [-0.1, -0.05) is 6.07 Å². The molecule has 0 saturated carbocycles. The van der Waals surface area contributed by atoms with Crippen LogP contribution in [-0.2, 0) is 13.7 Å². The van der Waals surface area contributed by atoms with Gasteiger partial charge in [0, 0.05) is 7.05 Å². The van der Waals surface area contributed by atoms with E-state index in [0.29, 0.717) is 23.7 Å². The van der Waals surface area contributed by atoms with Crippen LogP contribution in [0.3, 0.4) is 0 Å². The van der Waals surface area contributed by atoms with Gasteiger partial charge in [-0.25, -0.2) is 0 Å². The molecular weight excluding hydrogens is 228 g/mol. The van der Waals surface area contributed by atoms with Crippen LogP contribution in [0.5, 0.6) is 5.75 Å². The third-order valence-corrected chi connectivity index (χ3v) is 2.74. The predicted molar refractivity (Wildman–Crippen MR) is 67.8 cm³/mol. The van der Waals surface area contributed by atoms with Gasteiger partial charge in [0.25, 0.3) is 0 Å². The van der Waals surface area contributed by atoms with Crippen molar-refractivity contribution in [2.24, 2.45) is 7.05 Å². The third kappa shape index (κ3) is 2.28. The van der Waals surface area contributed by atoms with E-state index in [-0.39, 0.29) is 0 Å². The van der Waals surface area contributed by atoms with Crippen molar-refractivity contribution in [2.75, 3.05) is 5.73 Å². The fraction of sp³-hybridized carbons (Fsp3) is 0.231. The first-order chi connectivity index (χ1) is 8.61. The van der Waals surface area contributed by atoms with E-state index < -0.39 is 0 Å². The van der Waals surface area contributed by atoms with Gasteiger partial charge in [0.2, 0.25) is 0 Å². The van der Waals surface area contributed by atoms with Gasteiger partial charge in [-0.15, -0.1) is 0 Å². The molecule has 0 unspecified atom stereocenters. The second-order valence-corrected chi connectivity index (χ2v) is 4.00. The Morgan fingerprint density at radius 3 is 2.89 bits per heavy atom. The number of anilines is 1. The standard InChI is InChI=1S/C13H14N4O/c1-9-12(13(15)17(2)16-9)8-18-11-5-3-4-10(6-11)7-14/h3-6H,8,15H2,1-2H3. The predicted octanol–water partition coefficient (Wildman–Crippen LogP) is 1.76. The van der Waals surface area contributed by atoms with Crippen molar-refractivity contribution < 1.29 is 4.74 Å². The maximum atomic E-state index is 8.80. The summed E-state index contributed by atoms with van der Waals surface area (Å²) in [6.07, 6.45) is 0. The molecule has 2 N–H and O–H groups in total. The fourth-order valence-electron chi connectivity index (χ4n) is 1.71. The Balaban J connectivity index is 2.14. The molecule has 0 saturated heterocycles. The van der Waals surface area contributed by atoms with Crippen molar-refractivity contribution >= 4 is 5.82 Å². The molecule has 0 radical (unpaired) electrons. The largest absolute Gasteiger partial charge is 0.489 e. The molecule has 2 rings (SSSR count). The van der Waals surface area contributed by atoms with Gasteiger partial charge in [-0.2, -0.15) is 10.4 Å². The average Bonchev–Trinajstić information content (AvgIpc) is 2.61. The van der Waals surface area contributed by atoms with Crippen LogP contribution in [-0.4, -0.2) is 9.78 Å². The molecular formula is C13H14N4O. The molecule has 0 bridgehead atoms. The van der Waals surface area contributed by atoms with E-state index in [2.05, 4.69) is 11.2 Å². The SMILES string of the molecule is Cc1nn(C)c(N)c1COc1cccc(C#N)c1. The molecule has 1 aromatic carbocycles. The first-order valence-corrected chi connectivity index (χ1v) is 5.52. The van der Waals surface area contributed by atoms with Crippen LogP contribution >= 0.6 is 0 Å². The van der Waals surface area contributed by atoms with Crippen molar-refractivity contribution in [1.82, 2.24) is 9.78 Å². The minimum absolute atomic E-state index is 0.348. The van der Waals surface area contributed by atoms with Gasteiger partial charge in [0.15, 0.2) is 0 Å². The van der Waals surface area contributed by atoms with Gasteiger partial charge in [-0.3, -0.25) is 4.68 Å². The summed E-state index contributed by atoms with van der Waals surface area (Å²) in [6.45, 7) is 2.24. The summed E-state index contributed by atoms with van der Waals surface area (Å²) in [5.74, 6) is 1.25. The summed E-state index contributed by atoms with van der Waals surface area (Å²) in [6, 6.07) is 9.09. The van der Waals surface area contributed by atoms with E-state index in [9.17, 15) is 0 Å². The van der Waals surface area contributed by atoms with E-state index in [4.69, 9.17) is 15.7 Å². The van der Waals surface area contributed by atoms with Gasteiger partial charge in [-0.05, 0) is 25.1 Å². The van der Waals surface area contributed by atoms with Crippen molar-refractivity contribution in [1.29, 1.82) is 5.26 Å². The summed E-state index contributed by atoms with van der Waals surface area (Å²) >= 11 is 0. The summed E-state index contributed by atoms with van der Waals surface area (Å²) in [5.41, 5.74) is 8.19. The summed E-state index contributed by atoms with van der Waals surface area (Å²) < 4.78 is 7.25. The molecule has 0 atom stereocenters. The van der Waals surface area contributed by atoms with Crippen LogP contribution in [0, 0.1) is 18.3 Å². The minimum Gasteiger partial charge on any atom is -0.489 e. The Kier molecular flexibility index (Phi) is 3.20. The van der Waals surface area contributed by atoms with Crippen LogP contribution < -0.4 is 10.5 Å². The van der Waals surface area contributed by atoms with Gasteiger partial charge >= 0.3 is 0 Å². The Labute approximate surface area is 105 Å². The van der Waals surface area contributed by atoms with Crippen molar-refractivity contribution in [3.8, 4) is 11.8 Å². The Bertz CT molecular complexity index is 610. The van der Waals surface area contributed by atoms with E-state index in [1.165, 1.54) is 0 Å². The fourth-order valence-corrected chi connectivity index (χ4v) is 1.71. The number of aromatic nitrogens is 2. The quantitative estimate of drug-likeness (QED) is 0.889. The maximum Gasteiger partial charge on any atom is 0.128 e. The number of rotatable bonds is 3. The topological polar surface area (TPSA) is 76.9 Å². The van der Waals surface area contributed by atoms with E-state index >= 15 is 0 Å². The molecule has 0 aliphatic carbocycles. The summed E-state index contributed by atoms with van der Waals surface area (Å²) in [7, 11) is 1.79. The number of hydrogen-bond acceptors (Lipinski definition) is 4. The second kappa shape index (κ2) is 4.80.